The first-order valence-electron chi connectivity index (χ1n) is 7.26. The molecule has 0 spiro atoms. The lowest BCUT2D eigenvalue weighted by Crippen LogP contribution is -2.39. The van der Waals surface area contributed by atoms with Crippen LogP contribution in [0.1, 0.15) is 48.8 Å². The van der Waals surface area contributed by atoms with Crippen LogP contribution in [0.15, 0.2) is 0 Å². The molecule has 0 unspecified atom stereocenters. The van der Waals surface area contributed by atoms with Crippen LogP contribution in [0, 0.1) is 5.92 Å². The van der Waals surface area contributed by atoms with Crippen LogP contribution >= 0.6 is 0 Å². The summed E-state index contributed by atoms with van der Waals surface area (Å²) in [5.41, 5.74) is 7.43. The lowest BCUT2D eigenvalue weighted by atomic mass is 10.2. The predicted octanol–water partition coefficient (Wildman–Crippen LogP) is 0.714. The molecule has 1 heterocycles. The standard InChI is InChI=1S/C14H23N5O2/c1-8(2)6-16-10(20)7-19(3)14(21)13-11(15)12(17-18-13)9-4-5-9/h8-9H,4-7,15H2,1-3H3,(H,16,20)(H,17,18). The van der Waals surface area contributed by atoms with Gasteiger partial charge in [-0.05, 0) is 18.8 Å². The number of aromatic nitrogens is 2. The second kappa shape index (κ2) is 6.15. The lowest BCUT2D eigenvalue weighted by molar-refractivity contribution is -0.121. The number of rotatable bonds is 6. The second-order valence-electron chi connectivity index (χ2n) is 6.03. The molecular weight excluding hydrogens is 270 g/mol. The smallest absolute Gasteiger partial charge is 0.276 e. The number of hydrogen-bond acceptors (Lipinski definition) is 4. The van der Waals surface area contributed by atoms with E-state index in [0.717, 1.165) is 18.5 Å². The molecule has 0 atom stereocenters. The Balaban J connectivity index is 1.94. The zero-order valence-corrected chi connectivity index (χ0v) is 12.8. The number of carbonyl (C=O) groups excluding carboxylic acids is 2. The Kier molecular flexibility index (Phi) is 4.50. The second-order valence-corrected chi connectivity index (χ2v) is 6.03. The van der Waals surface area contributed by atoms with Crippen molar-refractivity contribution in [3.8, 4) is 0 Å². The average molecular weight is 293 g/mol. The molecule has 4 N–H and O–H groups in total. The molecule has 1 aliphatic carbocycles. The Morgan fingerprint density at radius 2 is 2.14 bits per heavy atom. The topological polar surface area (TPSA) is 104 Å². The minimum Gasteiger partial charge on any atom is -0.395 e. The monoisotopic (exact) mass is 293 g/mol. The van der Waals surface area contributed by atoms with Crippen LogP contribution in [-0.2, 0) is 4.79 Å². The van der Waals surface area contributed by atoms with E-state index in [9.17, 15) is 9.59 Å². The fourth-order valence-electron chi connectivity index (χ4n) is 2.05. The molecule has 1 aromatic heterocycles. The molecule has 0 aromatic carbocycles. The summed E-state index contributed by atoms with van der Waals surface area (Å²) >= 11 is 0. The van der Waals surface area contributed by atoms with E-state index in [2.05, 4.69) is 15.5 Å². The summed E-state index contributed by atoms with van der Waals surface area (Å²) in [5, 5.41) is 9.62. The zero-order valence-electron chi connectivity index (χ0n) is 12.8. The van der Waals surface area contributed by atoms with Crippen LogP contribution < -0.4 is 11.1 Å². The van der Waals surface area contributed by atoms with E-state index in [1.807, 2.05) is 13.8 Å². The number of aromatic amines is 1. The summed E-state index contributed by atoms with van der Waals surface area (Å²) in [5.74, 6) is 0.253. The van der Waals surface area contributed by atoms with E-state index < -0.39 is 0 Å². The van der Waals surface area contributed by atoms with E-state index in [1.165, 1.54) is 4.90 Å². The Labute approximate surface area is 124 Å². The number of amides is 2. The number of H-pyrrole nitrogens is 1. The maximum absolute atomic E-state index is 12.3. The highest BCUT2D eigenvalue weighted by molar-refractivity contribution is 5.99. The Morgan fingerprint density at radius 1 is 1.48 bits per heavy atom. The minimum atomic E-state index is -0.338. The molecule has 0 bridgehead atoms. The molecule has 1 aromatic rings. The van der Waals surface area contributed by atoms with E-state index >= 15 is 0 Å². The van der Waals surface area contributed by atoms with Gasteiger partial charge >= 0.3 is 0 Å². The summed E-state index contributed by atoms with van der Waals surface area (Å²) in [6.07, 6.45) is 2.15. The van der Waals surface area contributed by atoms with Crippen LogP contribution in [0.4, 0.5) is 5.69 Å². The van der Waals surface area contributed by atoms with Gasteiger partial charge in [-0.3, -0.25) is 14.7 Å². The van der Waals surface area contributed by atoms with E-state index in [-0.39, 0.29) is 24.1 Å². The number of anilines is 1. The molecule has 7 nitrogen and oxygen atoms in total. The van der Waals surface area contributed by atoms with Crippen molar-refractivity contribution in [3.05, 3.63) is 11.4 Å². The van der Waals surface area contributed by atoms with E-state index in [0.29, 0.717) is 24.1 Å². The van der Waals surface area contributed by atoms with Gasteiger partial charge in [-0.25, -0.2) is 0 Å². The van der Waals surface area contributed by atoms with Crippen molar-refractivity contribution in [2.24, 2.45) is 5.92 Å². The molecule has 1 aliphatic rings. The third-order valence-corrected chi connectivity index (χ3v) is 3.46. The number of nitrogens with two attached hydrogens (primary N) is 1. The Bertz CT molecular complexity index is 533. The van der Waals surface area contributed by atoms with Crippen molar-refractivity contribution >= 4 is 17.5 Å². The third kappa shape index (κ3) is 3.74. The number of likely N-dealkylation sites (N-methyl/N-ethyl adjacent to an activating group) is 1. The molecule has 1 fully saturated rings. The Hall–Kier alpha value is -2.05. The van der Waals surface area contributed by atoms with Gasteiger partial charge < -0.3 is 16.0 Å². The minimum absolute atomic E-state index is 0.00336. The number of nitrogens with zero attached hydrogens (tertiary/aromatic N) is 2. The maximum atomic E-state index is 12.3. The van der Waals surface area contributed by atoms with Gasteiger partial charge in [-0.1, -0.05) is 13.8 Å². The van der Waals surface area contributed by atoms with Crippen molar-refractivity contribution in [2.45, 2.75) is 32.6 Å². The first kappa shape index (κ1) is 15.3. The van der Waals surface area contributed by atoms with E-state index in [1.54, 1.807) is 7.05 Å². The number of hydrogen-bond donors (Lipinski definition) is 3. The molecule has 0 radical (unpaired) electrons. The summed E-state index contributed by atoms with van der Waals surface area (Å²) in [6, 6.07) is 0. The summed E-state index contributed by atoms with van der Waals surface area (Å²) < 4.78 is 0. The number of carbonyl (C=O) groups is 2. The maximum Gasteiger partial charge on any atom is 0.276 e. The molecule has 21 heavy (non-hydrogen) atoms. The van der Waals surface area contributed by atoms with Crippen molar-refractivity contribution in [3.63, 3.8) is 0 Å². The van der Waals surface area contributed by atoms with Crippen LogP contribution in [0.5, 0.6) is 0 Å². The van der Waals surface area contributed by atoms with Crippen LogP contribution in [0.25, 0.3) is 0 Å². The van der Waals surface area contributed by atoms with Gasteiger partial charge in [-0.15, -0.1) is 0 Å². The van der Waals surface area contributed by atoms with Crippen LogP contribution in [-0.4, -0.2) is 47.0 Å². The molecule has 2 rings (SSSR count). The quantitative estimate of drug-likeness (QED) is 0.718. The van der Waals surface area contributed by atoms with Gasteiger partial charge in [-0.2, -0.15) is 5.10 Å². The normalized spacial score (nSPS) is 14.3. The molecule has 116 valence electrons. The van der Waals surface area contributed by atoms with Crippen LogP contribution in [0.3, 0.4) is 0 Å². The zero-order chi connectivity index (χ0) is 15.6. The van der Waals surface area contributed by atoms with Gasteiger partial charge in [0.05, 0.1) is 17.9 Å². The molecular formula is C14H23N5O2. The van der Waals surface area contributed by atoms with Crippen molar-refractivity contribution in [1.29, 1.82) is 0 Å². The highest BCUT2D eigenvalue weighted by Gasteiger charge is 2.31. The van der Waals surface area contributed by atoms with Crippen LogP contribution in [0.2, 0.25) is 0 Å². The first-order valence-corrected chi connectivity index (χ1v) is 7.26. The fraction of sp³-hybridized carbons (Fsp3) is 0.643. The first-order chi connectivity index (χ1) is 9.90. The average Bonchev–Trinajstić information content (AvgIpc) is 3.19. The Morgan fingerprint density at radius 3 is 2.71 bits per heavy atom. The highest BCUT2D eigenvalue weighted by Crippen LogP contribution is 2.42. The van der Waals surface area contributed by atoms with Gasteiger partial charge in [0.1, 0.15) is 0 Å². The SMILES string of the molecule is CC(C)CNC(=O)CN(C)C(=O)c1n[nH]c(C2CC2)c1N. The number of nitrogens with one attached hydrogen (secondary N) is 2. The summed E-state index contributed by atoms with van der Waals surface area (Å²) in [4.78, 5) is 25.3. The van der Waals surface area contributed by atoms with Gasteiger partial charge in [0.15, 0.2) is 5.69 Å². The van der Waals surface area contributed by atoms with Gasteiger partial charge in [0.25, 0.3) is 5.91 Å². The summed E-state index contributed by atoms with van der Waals surface area (Å²) in [6.45, 7) is 4.62. The molecule has 1 saturated carbocycles. The molecule has 0 saturated heterocycles. The van der Waals surface area contributed by atoms with E-state index in [4.69, 9.17) is 5.73 Å². The third-order valence-electron chi connectivity index (χ3n) is 3.46. The van der Waals surface area contributed by atoms with Crippen molar-refractivity contribution < 1.29 is 9.59 Å². The summed E-state index contributed by atoms with van der Waals surface area (Å²) in [7, 11) is 1.57. The van der Waals surface area contributed by atoms with Gasteiger partial charge in [0.2, 0.25) is 5.91 Å². The lowest BCUT2D eigenvalue weighted by Gasteiger charge is -2.16. The van der Waals surface area contributed by atoms with Crippen molar-refractivity contribution in [2.75, 3.05) is 25.9 Å². The highest BCUT2D eigenvalue weighted by atomic mass is 16.2. The predicted molar refractivity (Wildman–Crippen MR) is 79.8 cm³/mol. The molecule has 7 heteroatoms. The van der Waals surface area contributed by atoms with Gasteiger partial charge in [0, 0.05) is 19.5 Å². The molecule has 2 amide bonds. The fourth-order valence-corrected chi connectivity index (χ4v) is 2.05. The molecule has 0 aliphatic heterocycles. The number of nitrogen functional groups attached to an aromatic ring is 1. The van der Waals surface area contributed by atoms with Crippen molar-refractivity contribution in [1.82, 2.24) is 20.4 Å². The largest absolute Gasteiger partial charge is 0.395 e.